The molecular weight excluding hydrogens is 340 g/mol. The van der Waals surface area contributed by atoms with Gasteiger partial charge < -0.3 is 25.2 Å². The van der Waals surface area contributed by atoms with Crippen molar-refractivity contribution in [1.82, 2.24) is 10.2 Å². The predicted octanol–water partition coefficient (Wildman–Crippen LogP) is 2.56. The molecule has 0 saturated carbocycles. The molecule has 0 unspecified atom stereocenters. The fraction of sp³-hybridized carbons (Fsp3) is 0.667. The van der Waals surface area contributed by atoms with E-state index in [4.69, 9.17) is 4.74 Å². The Hall–Kier alpha value is -1.79. The highest BCUT2D eigenvalue weighted by molar-refractivity contribution is 5.96. The van der Waals surface area contributed by atoms with Crippen LogP contribution >= 0.6 is 0 Å². The first-order chi connectivity index (χ1) is 12.8. The summed E-state index contributed by atoms with van der Waals surface area (Å²) in [5.41, 5.74) is 2.19. The average Bonchev–Trinajstić information content (AvgIpc) is 2.61. The highest BCUT2D eigenvalue weighted by Gasteiger charge is 2.24. The minimum Gasteiger partial charge on any atom is -0.456 e. The molecule has 0 aliphatic carbocycles. The number of nitrogens with one attached hydrogen (secondary N) is 2. The number of anilines is 2. The molecule has 0 amide bonds. The van der Waals surface area contributed by atoms with Crippen LogP contribution in [0.2, 0.25) is 0 Å². The van der Waals surface area contributed by atoms with E-state index in [2.05, 4.69) is 39.6 Å². The Morgan fingerprint density at radius 3 is 2.44 bits per heavy atom. The number of nitrogens with zero attached hydrogens (tertiary/aromatic N) is 2. The largest absolute Gasteiger partial charge is 0.456 e. The fourth-order valence-corrected chi connectivity index (χ4v) is 3.61. The van der Waals surface area contributed by atoms with Gasteiger partial charge in [0.05, 0.1) is 11.3 Å². The van der Waals surface area contributed by atoms with Crippen LogP contribution in [0.4, 0.5) is 11.4 Å². The van der Waals surface area contributed by atoms with Crippen molar-refractivity contribution in [1.29, 1.82) is 0 Å². The summed E-state index contributed by atoms with van der Waals surface area (Å²) in [6.45, 7) is 11.9. The molecule has 6 heteroatoms. The Labute approximate surface area is 163 Å². The Kier molecular flexibility index (Phi) is 6.27. The number of likely N-dealkylation sites (N-methyl/N-ethyl adjacent to an activating group) is 1. The number of carbonyl (C=O) groups is 1. The molecule has 1 aromatic rings. The van der Waals surface area contributed by atoms with E-state index >= 15 is 0 Å². The lowest BCUT2D eigenvalue weighted by Gasteiger charge is -2.34. The molecule has 1 aromatic carbocycles. The molecule has 0 atom stereocenters. The topological polar surface area (TPSA) is 56.8 Å². The first-order valence-electron chi connectivity index (χ1n) is 10.1. The highest BCUT2D eigenvalue weighted by Crippen LogP contribution is 2.28. The molecule has 2 aliphatic heterocycles. The van der Waals surface area contributed by atoms with Gasteiger partial charge in [0.15, 0.2) is 0 Å². The van der Waals surface area contributed by atoms with Gasteiger partial charge in [-0.05, 0) is 71.9 Å². The van der Waals surface area contributed by atoms with Gasteiger partial charge in [-0.2, -0.15) is 0 Å². The molecule has 2 fully saturated rings. The van der Waals surface area contributed by atoms with Crippen LogP contribution in [0, 0.1) is 0 Å². The molecule has 150 valence electrons. The third-order valence-corrected chi connectivity index (χ3v) is 5.19. The van der Waals surface area contributed by atoms with Gasteiger partial charge in [-0.3, -0.25) is 0 Å². The summed E-state index contributed by atoms with van der Waals surface area (Å²) in [6.07, 6.45) is 2.12. The standard InChI is InChI=1S/C21H34N4O2/c1-21(2,3)27-20(26)18-6-5-17(25-13-11-24(4)12-14-25)15-19(18)23-16-7-9-22-10-8-16/h5-6,15-16,22-23H,7-14H2,1-4H3. The van der Waals surface area contributed by atoms with E-state index < -0.39 is 5.60 Å². The number of rotatable bonds is 4. The van der Waals surface area contributed by atoms with Crippen molar-refractivity contribution in [3.8, 4) is 0 Å². The molecule has 0 spiro atoms. The molecule has 6 nitrogen and oxygen atoms in total. The zero-order valence-corrected chi connectivity index (χ0v) is 17.2. The SMILES string of the molecule is CN1CCN(c2ccc(C(=O)OC(C)(C)C)c(NC3CCNCC3)c2)CC1. The maximum absolute atomic E-state index is 12.8. The zero-order chi connectivity index (χ0) is 19.4. The summed E-state index contributed by atoms with van der Waals surface area (Å²) >= 11 is 0. The highest BCUT2D eigenvalue weighted by atomic mass is 16.6. The van der Waals surface area contributed by atoms with E-state index in [0.717, 1.165) is 57.8 Å². The summed E-state index contributed by atoms with van der Waals surface area (Å²) in [5.74, 6) is -0.260. The van der Waals surface area contributed by atoms with Crippen LogP contribution in [0.25, 0.3) is 0 Å². The number of ether oxygens (including phenoxy) is 1. The Morgan fingerprint density at radius 1 is 1.15 bits per heavy atom. The van der Waals surface area contributed by atoms with E-state index in [9.17, 15) is 4.79 Å². The molecule has 2 aliphatic rings. The molecule has 0 aromatic heterocycles. The van der Waals surface area contributed by atoms with Crippen molar-refractivity contribution >= 4 is 17.3 Å². The molecule has 2 heterocycles. The lowest BCUT2D eigenvalue weighted by Crippen LogP contribution is -2.44. The van der Waals surface area contributed by atoms with E-state index in [1.807, 2.05) is 26.8 Å². The number of hydrogen-bond donors (Lipinski definition) is 2. The first-order valence-corrected chi connectivity index (χ1v) is 10.1. The monoisotopic (exact) mass is 374 g/mol. The quantitative estimate of drug-likeness (QED) is 0.790. The van der Waals surface area contributed by atoms with Crippen LogP contribution in [0.3, 0.4) is 0 Å². The predicted molar refractivity (Wildman–Crippen MR) is 111 cm³/mol. The van der Waals surface area contributed by atoms with Crippen LogP contribution in [-0.4, -0.2) is 68.8 Å². The summed E-state index contributed by atoms with van der Waals surface area (Å²) in [7, 11) is 2.16. The lowest BCUT2D eigenvalue weighted by molar-refractivity contribution is 0.00706. The molecule has 3 rings (SSSR count). The van der Waals surface area contributed by atoms with Crippen molar-refractivity contribution < 1.29 is 9.53 Å². The number of hydrogen-bond acceptors (Lipinski definition) is 6. The second-order valence-corrected chi connectivity index (χ2v) is 8.69. The van der Waals surface area contributed by atoms with Gasteiger partial charge in [0.25, 0.3) is 0 Å². The van der Waals surface area contributed by atoms with Gasteiger partial charge in [0.2, 0.25) is 0 Å². The molecular formula is C21H34N4O2. The molecule has 0 radical (unpaired) electrons. The van der Waals surface area contributed by atoms with Crippen LogP contribution in [-0.2, 0) is 4.74 Å². The maximum Gasteiger partial charge on any atom is 0.340 e. The third-order valence-electron chi connectivity index (χ3n) is 5.19. The normalized spacial score (nSPS) is 19.8. The smallest absolute Gasteiger partial charge is 0.340 e. The maximum atomic E-state index is 12.8. The fourth-order valence-electron chi connectivity index (χ4n) is 3.61. The number of piperidine rings is 1. The summed E-state index contributed by atoms with van der Waals surface area (Å²) in [6, 6.07) is 6.49. The van der Waals surface area contributed by atoms with E-state index in [-0.39, 0.29) is 5.97 Å². The van der Waals surface area contributed by atoms with Gasteiger partial charge in [-0.1, -0.05) is 0 Å². The Morgan fingerprint density at radius 2 is 1.81 bits per heavy atom. The summed E-state index contributed by atoms with van der Waals surface area (Å²) < 4.78 is 5.64. The minimum absolute atomic E-state index is 0.260. The van der Waals surface area contributed by atoms with Gasteiger partial charge in [-0.15, -0.1) is 0 Å². The second-order valence-electron chi connectivity index (χ2n) is 8.69. The van der Waals surface area contributed by atoms with Gasteiger partial charge in [0, 0.05) is 37.9 Å². The van der Waals surface area contributed by atoms with Gasteiger partial charge in [-0.25, -0.2) is 4.79 Å². The molecule has 0 bridgehead atoms. The second kappa shape index (κ2) is 8.48. The van der Waals surface area contributed by atoms with Crippen LogP contribution in [0.15, 0.2) is 18.2 Å². The van der Waals surface area contributed by atoms with Crippen LogP contribution < -0.4 is 15.5 Å². The summed E-state index contributed by atoms with van der Waals surface area (Å²) in [4.78, 5) is 17.5. The summed E-state index contributed by atoms with van der Waals surface area (Å²) in [5, 5.41) is 7.02. The van der Waals surface area contributed by atoms with Crippen LogP contribution in [0.1, 0.15) is 44.0 Å². The molecule has 2 N–H and O–H groups in total. The van der Waals surface area contributed by atoms with Gasteiger partial charge >= 0.3 is 5.97 Å². The average molecular weight is 375 g/mol. The minimum atomic E-state index is -0.501. The number of piperazine rings is 1. The van der Waals surface area contributed by atoms with E-state index in [1.165, 1.54) is 5.69 Å². The molecule has 2 saturated heterocycles. The number of carbonyl (C=O) groups excluding carboxylic acids is 1. The van der Waals surface area contributed by atoms with Crippen molar-refractivity contribution in [2.75, 3.05) is 56.5 Å². The van der Waals surface area contributed by atoms with Crippen LogP contribution in [0.5, 0.6) is 0 Å². The third kappa shape index (κ3) is 5.59. The van der Waals surface area contributed by atoms with Crippen molar-refractivity contribution in [3.63, 3.8) is 0 Å². The Bertz CT molecular complexity index is 642. The molecule has 27 heavy (non-hydrogen) atoms. The zero-order valence-electron chi connectivity index (χ0n) is 17.2. The first kappa shape index (κ1) is 20.0. The Balaban J connectivity index is 1.83. The number of esters is 1. The van der Waals surface area contributed by atoms with Crippen molar-refractivity contribution in [2.24, 2.45) is 0 Å². The number of benzene rings is 1. The van der Waals surface area contributed by atoms with Crippen molar-refractivity contribution in [2.45, 2.75) is 45.3 Å². The van der Waals surface area contributed by atoms with Crippen molar-refractivity contribution in [3.05, 3.63) is 23.8 Å². The lowest BCUT2D eigenvalue weighted by atomic mass is 10.0. The van der Waals surface area contributed by atoms with E-state index in [1.54, 1.807) is 0 Å². The van der Waals surface area contributed by atoms with Gasteiger partial charge in [0.1, 0.15) is 5.60 Å². The van der Waals surface area contributed by atoms with E-state index in [0.29, 0.717) is 11.6 Å².